The van der Waals surface area contributed by atoms with Crippen LogP contribution in [-0.2, 0) is 28.5 Å². The van der Waals surface area contributed by atoms with Crippen LogP contribution >= 0.6 is 15.9 Å². The number of aliphatic hydroxyl groups is 10. The van der Waals surface area contributed by atoms with E-state index in [2.05, 4.69) is 21.2 Å². The van der Waals surface area contributed by atoms with Crippen molar-refractivity contribution < 1.29 is 79.5 Å². The highest BCUT2D eigenvalue weighted by atomic mass is 79.9. The van der Waals surface area contributed by atoms with Crippen LogP contribution in [0.15, 0.2) is 0 Å². The number of hydrogen-bond donors (Lipinski definition) is 11. The lowest BCUT2D eigenvalue weighted by Gasteiger charge is -2.48. The molecule has 0 bridgehead atoms. The van der Waals surface area contributed by atoms with Crippen LogP contribution in [0, 0.1) is 0 Å². The van der Waals surface area contributed by atoms with Gasteiger partial charge in [0, 0.05) is 0 Å². The number of hydrogen-bond acceptors (Lipinski definition) is 16. The molecular formula is C20H34BrNO16. The SMILES string of the molecule is O=C(CBr)N[C@@H]1OC(CO)[C@@H](O[C@H]2OC(CO)[C@@H](O[C@H]3OC(CO)[C@@H](O)C(O)C3O)C(O)C2O)C(O)C1O. The van der Waals surface area contributed by atoms with E-state index in [0.29, 0.717) is 0 Å². The topological polar surface area (TPSA) is 278 Å². The molecule has 11 N–H and O–H groups in total. The van der Waals surface area contributed by atoms with Crippen molar-refractivity contribution in [3.8, 4) is 0 Å². The standard InChI is InChI=1S/C20H34BrNO16/c21-1-8(26)22-18-13(31)11(29)16(6(3-24)34-18)37-20-15(33)12(30)17(7(4-25)36-20)38-19-14(32)10(28)9(27)5(2-23)35-19/h5-7,9-20,23-25,27-33H,1-4H2,(H,22,26)/t5?,6?,7?,9-,10?,11?,12?,13?,14?,15?,16-,17-,18-,19-,20-/m1/s1. The Morgan fingerprint density at radius 1 is 0.632 bits per heavy atom. The molecule has 17 nitrogen and oxygen atoms in total. The van der Waals surface area contributed by atoms with Crippen molar-refractivity contribution in [2.24, 2.45) is 0 Å². The molecule has 222 valence electrons. The molecule has 9 unspecified atom stereocenters. The van der Waals surface area contributed by atoms with Gasteiger partial charge < -0.3 is 80.1 Å². The zero-order valence-electron chi connectivity index (χ0n) is 19.8. The van der Waals surface area contributed by atoms with E-state index in [1.165, 1.54) is 0 Å². The largest absolute Gasteiger partial charge is 0.394 e. The first kappa shape index (κ1) is 31.9. The van der Waals surface area contributed by atoms with E-state index in [4.69, 9.17) is 23.7 Å². The molecule has 38 heavy (non-hydrogen) atoms. The lowest BCUT2D eigenvalue weighted by Crippen LogP contribution is -2.67. The summed E-state index contributed by atoms with van der Waals surface area (Å²) in [6, 6.07) is 0. The Balaban J connectivity index is 1.71. The number of rotatable bonds is 9. The second kappa shape index (κ2) is 13.8. The summed E-state index contributed by atoms with van der Waals surface area (Å²) in [7, 11) is 0. The molecule has 0 aromatic carbocycles. The summed E-state index contributed by atoms with van der Waals surface area (Å²) in [5, 5.41) is 103. The van der Waals surface area contributed by atoms with E-state index in [-0.39, 0.29) is 5.33 Å². The summed E-state index contributed by atoms with van der Waals surface area (Å²) in [5.74, 6) is -0.581. The molecule has 3 fully saturated rings. The third-order valence-electron chi connectivity index (χ3n) is 6.54. The van der Waals surface area contributed by atoms with Crippen molar-refractivity contribution >= 4 is 21.8 Å². The Labute approximate surface area is 224 Å². The highest BCUT2D eigenvalue weighted by Crippen LogP contribution is 2.32. The Kier molecular flexibility index (Phi) is 11.6. The number of carbonyl (C=O) groups excluding carboxylic acids is 1. The second-order valence-electron chi connectivity index (χ2n) is 9.07. The summed E-state index contributed by atoms with van der Waals surface area (Å²) in [5.41, 5.74) is 0. The van der Waals surface area contributed by atoms with Crippen LogP contribution < -0.4 is 5.32 Å². The molecule has 0 aromatic heterocycles. The van der Waals surface area contributed by atoms with Crippen LogP contribution in [0.25, 0.3) is 0 Å². The summed E-state index contributed by atoms with van der Waals surface area (Å²) >= 11 is 2.92. The van der Waals surface area contributed by atoms with Gasteiger partial charge in [-0.15, -0.1) is 0 Å². The third kappa shape index (κ3) is 6.62. The summed E-state index contributed by atoms with van der Waals surface area (Å²) in [6.07, 6.45) is -24.8. The van der Waals surface area contributed by atoms with Gasteiger partial charge in [0.2, 0.25) is 5.91 Å². The zero-order valence-corrected chi connectivity index (χ0v) is 21.4. The van der Waals surface area contributed by atoms with Crippen molar-refractivity contribution in [1.29, 1.82) is 0 Å². The van der Waals surface area contributed by atoms with Gasteiger partial charge in [0.05, 0.1) is 25.2 Å². The first-order valence-corrected chi connectivity index (χ1v) is 12.8. The number of alkyl halides is 1. The normalized spacial score (nSPS) is 48.0. The van der Waals surface area contributed by atoms with Crippen LogP contribution in [0.1, 0.15) is 0 Å². The number of nitrogens with one attached hydrogen (secondary N) is 1. The molecule has 3 aliphatic rings. The molecule has 0 spiro atoms. The maximum Gasteiger partial charge on any atom is 0.232 e. The molecule has 0 saturated carbocycles. The second-order valence-corrected chi connectivity index (χ2v) is 9.63. The average Bonchev–Trinajstić information content (AvgIpc) is 2.91. The maximum absolute atomic E-state index is 11.6. The Hall–Kier alpha value is -0.650. The van der Waals surface area contributed by atoms with Crippen LogP contribution in [0.2, 0.25) is 0 Å². The Bertz CT molecular complexity index is 763. The fraction of sp³-hybridized carbons (Fsp3) is 0.950. The van der Waals surface area contributed by atoms with Crippen molar-refractivity contribution in [2.45, 2.75) is 92.1 Å². The number of aliphatic hydroxyl groups excluding tert-OH is 10. The minimum absolute atomic E-state index is 0.131. The van der Waals surface area contributed by atoms with E-state index in [1.807, 2.05) is 0 Å². The molecule has 0 aliphatic carbocycles. The molecule has 3 rings (SSSR count). The molecule has 3 aliphatic heterocycles. The molecule has 3 saturated heterocycles. The predicted molar refractivity (Wildman–Crippen MR) is 121 cm³/mol. The fourth-order valence-corrected chi connectivity index (χ4v) is 4.56. The minimum Gasteiger partial charge on any atom is -0.394 e. The molecule has 1 amide bonds. The first-order chi connectivity index (χ1) is 18.0. The fourth-order valence-electron chi connectivity index (χ4n) is 4.39. The molecule has 0 aromatic rings. The van der Waals surface area contributed by atoms with Gasteiger partial charge in [0.1, 0.15) is 73.2 Å². The van der Waals surface area contributed by atoms with Gasteiger partial charge in [-0.2, -0.15) is 0 Å². The van der Waals surface area contributed by atoms with E-state index in [9.17, 15) is 55.9 Å². The van der Waals surface area contributed by atoms with Crippen LogP contribution in [-0.4, -0.2) is 174 Å². The molecule has 0 radical (unpaired) electrons. The summed E-state index contributed by atoms with van der Waals surface area (Å²) in [4.78, 5) is 11.6. The highest BCUT2D eigenvalue weighted by molar-refractivity contribution is 9.09. The van der Waals surface area contributed by atoms with Gasteiger partial charge in [-0.05, 0) is 0 Å². The lowest BCUT2D eigenvalue weighted by atomic mass is 9.95. The van der Waals surface area contributed by atoms with E-state index >= 15 is 0 Å². The number of amides is 1. The van der Waals surface area contributed by atoms with Gasteiger partial charge in [-0.1, -0.05) is 15.9 Å². The van der Waals surface area contributed by atoms with E-state index in [1.54, 1.807) is 0 Å². The van der Waals surface area contributed by atoms with E-state index in [0.717, 1.165) is 0 Å². The van der Waals surface area contributed by atoms with E-state index < -0.39 is 118 Å². The van der Waals surface area contributed by atoms with Gasteiger partial charge in [0.15, 0.2) is 18.8 Å². The smallest absolute Gasteiger partial charge is 0.232 e. The molecule has 3 heterocycles. The van der Waals surface area contributed by atoms with Crippen LogP contribution in [0.4, 0.5) is 0 Å². The first-order valence-electron chi connectivity index (χ1n) is 11.7. The van der Waals surface area contributed by atoms with Crippen LogP contribution in [0.3, 0.4) is 0 Å². The van der Waals surface area contributed by atoms with Crippen molar-refractivity contribution in [2.75, 3.05) is 25.2 Å². The summed E-state index contributed by atoms with van der Waals surface area (Å²) in [6.45, 7) is -2.34. The number of ether oxygens (including phenoxy) is 5. The summed E-state index contributed by atoms with van der Waals surface area (Å²) < 4.78 is 27.1. The van der Waals surface area contributed by atoms with Crippen molar-refractivity contribution in [3.63, 3.8) is 0 Å². The Morgan fingerprint density at radius 3 is 1.58 bits per heavy atom. The van der Waals surface area contributed by atoms with Crippen molar-refractivity contribution in [3.05, 3.63) is 0 Å². The van der Waals surface area contributed by atoms with Gasteiger partial charge in [0.25, 0.3) is 0 Å². The molecular weight excluding hydrogens is 590 g/mol. The highest BCUT2D eigenvalue weighted by Gasteiger charge is 2.53. The molecule has 15 atom stereocenters. The minimum atomic E-state index is -1.93. The lowest BCUT2D eigenvalue weighted by molar-refractivity contribution is -0.373. The van der Waals surface area contributed by atoms with Gasteiger partial charge >= 0.3 is 0 Å². The van der Waals surface area contributed by atoms with Gasteiger partial charge in [-0.3, -0.25) is 4.79 Å². The quantitative estimate of drug-likeness (QED) is 0.106. The van der Waals surface area contributed by atoms with Gasteiger partial charge in [-0.25, -0.2) is 0 Å². The molecule has 18 heteroatoms. The zero-order chi connectivity index (χ0) is 28.3. The predicted octanol–water partition coefficient (Wildman–Crippen LogP) is -7.05. The number of carbonyl (C=O) groups is 1. The maximum atomic E-state index is 11.6. The number of halogens is 1. The third-order valence-corrected chi connectivity index (χ3v) is 7.05. The monoisotopic (exact) mass is 623 g/mol. The van der Waals surface area contributed by atoms with Crippen molar-refractivity contribution in [1.82, 2.24) is 5.32 Å². The Morgan fingerprint density at radius 2 is 1.08 bits per heavy atom. The van der Waals surface area contributed by atoms with Crippen LogP contribution in [0.5, 0.6) is 0 Å². The average molecular weight is 624 g/mol.